The molecule has 8 heteroatoms. The number of imidazole rings is 1. The van der Waals surface area contributed by atoms with Gasteiger partial charge in [-0.15, -0.1) is 23.1 Å². The van der Waals surface area contributed by atoms with E-state index in [0.717, 1.165) is 20.9 Å². The molecule has 0 spiro atoms. The number of aromatic nitrogens is 3. The van der Waals surface area contributed by atoms with Crippen LogP contribution in [0.2, 0.25) is 0 Å². The Morgan fingerprint density at radius 2 is 2.29 bits per heavy atom. The molecule has 0 aliphatic carbocycles. The van der Waals surface area contributed by atoms with Crippen molar-refractivity contribution in [1.29, 1.82) is 0 Å². The molecule has 110 valence electrons. The van der Waals surface area contributed by atoms with Gasteiger partial charge in [-0.1, -0.05) is 11.2 Å². The number of hydrogen-bond acceptors (Lipinski definition) is 5. The second kappa shape index (κ2) is 6.40. The van der Waals surface area contributed by atoms with Crippen molar-refractivity contribution in [3.05, 3.63) is 47.5 Å². The Balaban J connectivity index is 1.57. The van der Waals surface area contributed by atoms with Crippen molar-refractivity contribution >= 4 is 23.1 Å². The van der Waals surface area contributed by atoms with Crippen molar-refractivity contribution in [1.82, 2.24) is 14.7 Å². The molecular weight excluding hydrogens is 316 g/mol. The second-order valence-corrected chi connectivity index (χ2v) is 6.11. The molecule has 0 fully saturated rings. The minimum absolute atomic E-state index is 0.358. The number of nitrogens with zero attached hydrogens (tertiary/aromatic N) is 3. The van der Waals surface area contributed by atoms with Crippen LogP contribution in [-0.2, 0) is 11.5 Å². The standard InChI is InChI=1S/C13H11F2N3OS2/c14-13(15)18-4-3-16-12(18)8-20-7-9-6-10(19-17-9)11-2-1-5-21-11/h1-6,13H,7-8H2. The van der Waals surface area contributed by atoms with E-state index < -0.39 is 6.55 Å². The Morgan fingerprint density at radius 3 is 3.05 bits per heavy atom. The highest BCUT2D eigenvalue weighted by molar-refractivity contribution is 7.97. The number of thioether (sulfide) groups is 1. The van der Waals surface area contributed by atoms with E-state index in [0.29, 0.717) is 17.3 Å². The van der Waals surface area contributed by atoms with Crippen molar-refractivity contribution in [2.45, 2.75) is 18.1 Å². The molecule has 0 amide bonds. The van der Waals surface area contributed by atoms with Crippen LogP contribution in [0.3, 0.4) is 0 Å². The lowest BCUT2D eigenvalue weighted by Gasteiger charge is -2.04. The van der Waals surface area contributed by atoms with Gasteiger partial charge >= 0.3 is 6.55 Å². The number of halogens is 2. The Bertz CT molecular complexity index is 694. The first-order valence-electron chi connectivity index (χ1n) is 6.11. The van der Waals surface area contributed by atoms with E-state index in [1.54, 1.807) is 11.3 Å². The van der Waals surface area contributed by atoms with E-state index in [1.807, 2.05) is 23.6 Å². The maximum Gasteiger partial charge on any atom is 0.319 e. The number of hydrogen-bond donors (Lipinski definition) is 0. The minimum Gasteiger partial charge on any atom is -0.355 e. The van der Waals surface area contributed by atoms with Gasteiger partial charge in [0.2, 0.25) is 0 Å². The summed E-state index contributed by atoms with van der Waals surface area (Å²) in [6, 6.07) is 5.78. The lowest BCUT2D eigenvalue weighted by atomic mass is 10.3. The first-order chi connectivity index (χ1) is 10.2. The topological polar surface area (TPSA) is 43.9 Å². The Kier molecular flexibility index (Phi) is 4.35. The number of thiophene rings is 1. The molecule has 0 aliphatic heterocycles. The molecule has 21 heavy (non-hydrogen) atoms. The van der Waals surface area contributed by atoms with Gasteiger partial charge in [-0.2, -0.15) is 8.78 Å². The summed E-state index contributed by atoms with van der Waals surface area (Å²) < 4.78 is 31.5. The van der Waals surface area contributed by atoms with Crippen LogP contribution in [0, 0.1) is 0 Å². The zero-order valence-electron chi connectivity index (χ0n) is 10.8. The maximum atomic E-state index is 12.7. The molecule has 0 saturated heterocycles. The summed E-state index contributed by atoms with van der Waals surface area (Å²) in [4.78, 5) is 4.95. The second-order valence-electron chi connectivity index (χ2n) is 4.18. The van der Waals surface area contributed by atoms with Crippen LogP contribution in [-0.4, -0.2) is 14.7 Å². The molecule has 3 heterocycles. The molecule has 3 rings (SSSR count). The fourth-order valence-corrected chi connectivity index (χ4v) is 3.32. The largest absolute Gasteiger partial charge is 0.355 e. The quantitative estimate of drug-likeness (QED) is 0.672. The summed E-state index contributed by atoms with van der Waals surface area (Å²) in [7, 11) is 0. The van der Waals surface area contributed by atoms with Gasteiger partial charge in [0.1, 0.15) is 5.82 Å². The highest BCUT2D eigenvalue weighted by atomic mass is 32.2. The molecule has 4 nitrogen and oxygen atoms in total. The van der Waals surface area contributed by atoms with Gasteiger partial charge in [0, 0.05) is 24.2 Å². The van der Waals surface area contributed by atoms with Crippen LogP contribution >= 0.6 is 23.1 Å². The Morgan fingerprint density at radius 1 is 1.38 bits per heavy atom. The zero-order chi connectivity index (χ0) is 14.7. The van der Waals surface area contributed by atoms with Crippen molar-refractivity contribution in [3.63, 3.8) is 0 Å². The summed E-state index contributed by atoms with van der Waals surface area (Å²) in [6.45, 7) is -2.56. The van der Waals surface area contributed by atoms with E-state index >= 15 is 0 Å². The molecule has 0 radical (unpaired) electrons. The average Bonchev–Trinajstić information content (AvgIpc) is 3.20. The van der Waals surface area contributed by atoms with E-state index in [-0.39, 0.29) is 0 Å². The smallest absolute Gasteiger partial charge is 0.319 e. The third-order valence-electron chi connectivity index (χ3n) is 2.76. The average molecular weight is 327 g/mol. The first kappa shape index (κ1) is 14.3. The van der Waals surface area contributed by atoms with Crippen LogP contribution in [0.5, 0.6) is 0 Å². The third kappa shape index (κ3) is 3.33. The highest BCUT2D eigenvalue weighted by Crippen LogP contribution is 2.27. The summed E-state index contributed by atoms with van der Waals surface area (Å²) in [5.74, 6) is 2.08. The molecule has 3 aromatic rings. The molecule has 0 bridgehead atoms. The lowest BCUT2D eigenvalue weighted by Crippen LogP contribution is -2.02. The molecule has 3 aromatic heterocycles. The fraction of sp³-hybridized carbons (Fsp3) is 0.231. The third-order valence-corrected chi connectivity index (χ3v) is 4.61. The Hall–Kier alpha value is -1.67. The summed E-state index contributed by atoms with van der Waals surface area (Å²) >= 11 is 3.05. The highest BCUT2D eigenvalue weighted by Gasteiger charge is 2.12. The van der Waals surface area contributed by atoms with Gasteiger partial charge in [-0.25, -0.2) is 4.98 Å². The van der Waals surface area contributed by atoms with Crippen LogP contribution in [0.15, 0.2) is 40.5 Å². The van der Waals surface area contributed by atoms with Crippen molar-refractivity contribution in [2.75, 3.05) is 0 Å². The van der Waals surface area contributed by atoms with Gasteiger partial charge < -0.3 is 4.52 Å². The predicted octanol–water partition coefficient (Wildman–Crippen LogP) is 4.43. The van der Waals surface area contributed by atoms with E-state index in [4.69, 9.17) is 4.52 Å². The fourth-order valence-electron chi connectivity index (χ4n) is 1.80. The van der Waals surface area contributed by atoms with E-state index in [1.165, 1.54) is 24.2 Å². The van der Waals surface area contributed by atoms with Crippen LogP contribution < -0.4 is 0 Å². The van der Waals surface area contributed by atoms with Crippen LogP contribution in [0.4, 0.5) is 8.78 Å². The van der Waals surface area contributed by atoms with E-state index in [9.17, 15) is 8.78 Å². The minimum atomic E-state index is -2.56. The SMILES string of the molecule is FC(F)n1ccnc1CSCc1cc(-c2cccs2)on1. The van der Waals surface area contributed by atoms with Gasteiger partial charge in [-0.05, 0) is 11.4 Å². The maximum absolute atomic E-state index is 12.7. The molecular formula is C13H11F2N3OS2. The molecule has 0 saturated carbocycles. The predicted molar refractivity (Wildman–Crippen MR) is 78.3 cm³/mol. The molecule has 0 unspecified atom stereocenters. The summed E-state index contributed by atoms with van der Waals surface area (Å²) in [5.41, 5.74) is 0.790. The van der Waals surface area contributed by atoms with E-state index in [2.05, 4.69) is 10.1 Å². The van der Waals surface area contributed by atoms with Crippen LogP contribution in [0.1, 0.15) is 18.1 Å². The van der Waals surface area contributed by atoms with Gasteiger partial charge in [-0.3, -0.25) is 4.57 Å². The Labute approximate surface area is 127 Å². The van der Waals surface area contributed by atoms with Gasteiger partial charge in [0.25, 0.3) is 0 Å². The summed E-state index contributed by atoms with van der Waals surface area (Å²) in [5, 5.41) is 5.95. The lowest BCUT2D eigenvalue weighted by molar-refractivity contribution is 0.0678. The van der Waals surface area contributed by atoms with Crippen molar-refractivity contribution < 1.29 is 13.3 Å². The zero-order valence-corrected chi connectivity index (χ0v) is 12.4. The van der Waals surface area contributed by atoms with Crippen molar-refractivity contribution in [3.8, 4) is 10.6 Å². The molecule has 0 N–H and O–H groups in total. The number of alkyl halides is 2. The first-order valence-corrected chi connectivity index (χ1v) is 8.14. The number of rotatable bonds is 6. The summed E-state index contributed by atoms with van der Waals surface area (Å²) in [6.07, 6.45) is 2.67. The van der Waals surface area contributed by atoms with Gasteiger partial charge in [0.05, 0.1) is 16.3 Å². The van der Waals surface area contributed by atoms with Gasteiger partial charge in [0.15, 0.2) is 5.76 Å². The monoisotopic (exact) mass is 327 g/mol. The van der Waals surface area contributed by atoms with Crippen LogP contribution in [0.25, 0.3) is 10.6 Å². The van der Waals surface area contributed by atoms with Crippen molar-refractivity contribution in [2.24, 2.45) is 0 Å². The molecule has 0 aliphatic rings. The molecule has 0 atom stereocenters. The normalized spacial score (nSPS) is 11.4. The molecule has 0 aromatic carbocycles.